The zero-order valence-electron chi connectivity index (χ0n) is 18.2. The highest BCUT2D eigenvalue weighted by Crippen LogP contribution is 2.22. The van der Waals surface area contributed by atoms with Gasteiger partial charge in [0.15, 0.2) is 0 Å². The van der Waals surface area contributed by atoms with Gasteiger partial charge in [0.05, 0.1) is 12.4 Å². The minimum Gasteiger partial charge on any atom is -0.489 e. The van der Waals surface area contributed by atoms with E-state index in [-0.39, 0.29) is 5.69 Å². The number of carbonyl (C=O) groups excluding carboxylic acids is 1. The molecule has 1 amide bonds. The molecule has 1 aromatic heterocycles. The minimum absolute atomic E-state index is 0.206. The number of hydrogen-bond donors (Lipinski definition) is 2. The van der Waals surface area contributed by atoms with Crippen molar-refractivity contribution in [1.29, 1.82) is 0 Å². The van der Waals surface area contributed by atoms with Gasteiger partial charge in [0.25, 0.3) is 5.91 Å². The molecule has 3 N–H and O–H groups in total. The second-order valence-electron chi connectivity index (χ2n) is 8.16. The van der Waals surface area contributed by atoms with Crippen LogP contribution in [0.3, 0.4) is 0 Å². The Bertz CT molecular complexity index is 980. The summed E-state index contributed by atoms with van der Waals surface area (Å²) in [7, 11) is 0. The molecule has 164 valence electrons. The minimum atomic E-state index is -0.569. The van der Waals surface area contributed by atoms with Crippen LogP contribution in [0.1, 0.15) is 59.8 Å². The van der Waals surface area contributed by atoms with Crippen LogP contribution in [-0.4, -0.2) is 26.7 Å². The Labute approximate surface area is 183 Å². The molecule has 6 heteroatoms. The first-order valence-corrected chi connectivity index (χ1v) is 10.7. The van der Waals surface area contributed by atoms with Crippen LogP contribution in [0.4, 0.5) is 0 Å². The van der Waals surface area contributed by atoms with Crippen molar-refractivity contribution in [3.63, 3.8) is 0 Å². The number of amides is 1. The van der Waals surface area contributed by atoms with Crippen molar-refractivity contribution in [2.45, 2.75) is 58.3 Å². The number of primary amides is 1. The Balaban J connectivity index is 1.48. The van der Waals surface area contributed by atoms with Gasteiger partial charge in [0.2, 0.25) is 0 Å². The van der Waals surface area contributed by atoms with Crippen molar-refractivity contribution < 1.29 is 14.6 Å². The lowest BCUT2D eigenvalue weighted by molar-refractivity contribution is 0.0995. The third-order valence-electron chi connectivity index (χ3n) is 5.30. The van der Waals surface area contributed by atoms with Crippen LogP contribution in [0.15, 0.2) is 61.1 Å². The Morgan fingerprint density at radius 3 is 2.58 bits per heavy atom. The molecule has 0 aliphatic heterocycles. The van der Waals surface area contributed by atoms with Crippen molar-refractivity contribution >= 4 is 5.91 Å². The molecule has 0 radical (unpaired) electrons. The summed E-state index contributed by atoms with van der Waals surface area (Å²) in [5, 5.41) is 10.3. The van der Waals surface area contributed by atoms with Crippen LogP contribution in [0.2, 0.25) is 0 Å². The predicted octanol–water partition coefficient (Wildman–Crippen LogP) is 4.07. The second-order valence-corrected chi connectivity index (χ2v) is 8.16. The normalized spacial score (nSPS) is 12.1. The molecular weight excluding hydrogens is 390 g/mol. The third kappa shape index (κ3) is 6.69. The summed E-state index contributed by atoms with van der Waals surface area (Å²) >= 11 is 0. The summed E-state index contributed by atoms with van der Waals surface area (Å²) in [5.74, 6) is 0.830. The van der Waals surface area contributed by atoms with Crippen LogP contribution in [-0.2, 0) is 19.6 Å². The second kappa shape index (κ2) is 10.8. The molecule has 0 spiro atoms. The maximum Gasteiger partial charge on any atom is 0.268 e. The van der Waals surface area contributed by atoms with Crippen molar-refractivity contribution in [3.8, 4) is 5.75 Å². The fourth-order valence-corrected chi connectivity index (χ4v) is 3.46. The number of aliphatic hydroxyl groups excluding tert-OH is 1. The highest BCUT2D eigenvalue weighted by Gasteiger charge is 2.10. The number of aryl methyl sites for hydroxylation is 1. The average Bonchev–Trinajstić information content (AvgIpc) is 3.22. The smallest absolute Gasteiger partial charge is 0.268 e. The van der Waals surface area contributed by atoms with Gasteiger partial charge in [-0.2, -0.15) is 0 Å². The highest BCUT2D eigenvalue weighted by molar-refractivity contribution is 5.90. The van der Waals surface area contributed by atoms with Gasteiger partial charge >= 0.3 is 0 Å². The molecule has 0 unspecified atom stereocenters. The first-order valence-electron chi connectivity index (χ1n) is 10.7. The predicted molar refractivity (Wildman–Crippen MR) is 121 cm³/mol. The number of aromatic nitrogens is 2. The number of hydrogen-bond acceptors (Lipinski definition) is 4. The van der Waals surface area contributed by atoms with E-state index in [1.165, 1.54) is 11.9 Å². The number of ether oxygens (including phenoxy) is 1. The van der Waals surface area contributed by atoms with Gasteiger partial charge in [-0.05, 0) is 47.9 Å². The van der Waals surface area contributed by atoms with Gasteiger partial charge in [-0.25, -0.2) is 4.98 Å². The van der Waals surface area contributed by atoms with Gasteiger partial charge in [-0.3, -0.25) is 4.79 Å². The zero-order chi connectivity index (χ0) is 22.2. The SMILES string of the molecule is CC(C)c1ccc(COc2ccccc2CCC[C@H](O)Cn2cnc(C(N)=O)c2)cc1. The van der Waals surface area contributed by atoms with E-state index in [1.54, 1.807) is 10.8 Å². The number of nitrogens with zero attached hydrogens (tertiary/aromatic N) is 2. The lowest BCUT2D eigenvalue weighted by Crippen LogP contribution is -2.15. The molecular formula is C25H31N3O3. The summed E-state index contributed by atoms with van der Waals surface area (Å²) in [4.78, 5) is 15.0. The standard InChI is InChI=1S/C25H31N3O3/c1-18(2)20-12-10-19(11-13-20)16-31-24-9-4-3-6-21(24)7-5-8-22(29)14-28-15-23(25(26)30)27-17-28/h3-4,6,9-13,15,17-18,22,29H,5,7-8,14,16H2,1-2H3,(H2,26,30)/t22-/m0/s1. The third-order valence-corrected chi connectivity index (χ3v) is 5.30. The summed E-state index contributed by atoms with van der Waals surface area (Å²) < 4.78 is 7.77. The fraction of sp³-hybridized carbons (Fsp3) is 0.360. The maximum absolute atomic E-state index is 11.1. The Morgan fingerprint density at radius 2 is 1.90 bits per heavy atom. The average molecular weight is 422 g/mol. The van der Waals surface area contributed by atoms with Crippen molar-refractivity contribution in [3.05, 3.63) is 83.4 Å². The quantitative estimate of drug-likeness (QED) is 0.488. The lowest BCUT2D eigenvalue weighted by atomic mass is 10.0. The number of para-hydroxylation sites is 1. The molecule has 0 fully saturated rings. The number of benzene rings is 2. The van der Waals surface area contributed by atoms with E-state index >= 15 is 0 Å². The molecule has 31 heavy (non-hydrogen) atoms. The van der Waals surface area contributed by atoms with Gasteiger partial charge in [0, 0.05) is 12.7 Å². The van der Waals surface area contributed by atoms with E-state index in [2.05, 4.69) is 49.2 Å². The van der Waals surface area contributed by atoms with Crippen molar-refractivity contribution in [2.75, 3.05) is 0 Å². The Kier molecular flexibility index (Phi) is 7.84. The van der Waals surface area contributed by atoms with Crippen molar-refractivity contribution in [2.24, 2.45) is 5.73 Å². The molecule has 3 rings (SSSR count). The van der Waals surface area contributed by atoms with Gasteiger partial charge in [-0.15, -0.1) is 0 Å². The molecule has 6 nitrogen and oxygen atoms in total. The maximum atomic E-state index is 11.1. The van der Waals surface area contributed by atoms with Gasteiger partial charge in [0.1, 0.15) is 18.1 Å². The highest BCUT2D eigenvalue weighted by atomic mass is 16.5. The Hall–Kier alpha value is -3.12. The summed E-state index contributed by atoms with van der Waals surface area (Å²) in [6, 6.07) is 16.6. The van der Waals surface area contributed by atoms with Crippen LogP contribution >= 0.6 is 0 Å². The molecule has 0 bridgehead atoms. The monoisotopic (exact) mass is 421 g/mol. The van der Waals surface area contributed by atoms with E-state index in [0.29, 0.717) is 25.5 Å². The van der Waals surface area contributed by atoms with E-state index in [1.807, 2.05) is 18.2 Å². The zero-order valence-corrected chi connectivity index (χ0v) is 18.2. The van der Waals surface area contributed by atoms with Gasteiger partial charge in [-0.1, -0.05) is 56.3 Å². The van der Waals surface area contributed by atoms with Crippen LogP contribution < -0.4 is 10.5 Å². The molecule has 0 saturated heterocycles. The summed E-state index contributed by atoms with van der Waals surface area (Å²) in [5.41, 5.74) is 9.01. The van der Waals surface area contributed by atoms with E-state index < -0.39 is 12.0 Å². The van der Waals surface area contributed by atoms with Crippen LogP contribution in [0.5, 0.6) is 5.75 Å². The number of carbonyl (C=O) groups is 1. The number of rotatable bonds is 11. The van der Waals surface area contributed by atoms with E-state index in [0.717, 1.165) is 29.7 Å². The van der Waals surface area contributed by atoms with E-state index in [9.17, 15) is 9.90 Å². The van der Waals surface area contributed by atoms with Crippen LogP contribution in [0.25, 0.3) is 0 Å². The van der Waals surface area contributed by atoms with Gasteiger partial charge < -0.3 is 20.1 Å². The van der Waals surface area contributed by atoms with E-state index in [4.69, 9.17) is 10.5 Å². The van der Waals surface area contributed by atoms with Crippen molar-refractivity contribution in [1.82, 2.24) is 9.55 Å². The lowest BCUT2D eigenvalue weighted by Gasteiger charge is -2.14. The fourth-order valence-electron chi connectivity index (χ4n) is 3.46. The topological polar surface area (TPSA) is 90.4 Å². The molecule has 0 aliphatic carbocycles. The first kappa shape index (κ1) is 22.6. The Morgan fingerprint density at radius 1 is 1.16 bits per heavy atom. The molecule has 0 saturated carbocycles. The largest absolute Gasteiger partial charge is 0.489 e. The molecule has 3 aromatic rings. The molecule has 1 atom stereocenters. The molecule has 1 heterocycles. The number of aliphatic hydroxyl groups is 1. The summed E-state index contributed by atoms with van der Waals surface area (Å²) in [6.45, 7) is 5.28. The summed E-state index contributed by atoms with van der Waals surface area (Å²) in [6.07, 6.45) is 4.82. The number of imidazole rings is 1. The molecule has 0 aliphatic rings. The van der Waals surface area contributed by atoms with Crippen LogP contribution in [0, 0.1) is 0 Å². The number of nitrogens with two attached hydrogens (primary N) is 1. The molecule has 2 aromatic carbocycles. The first-order chi connectivity index (χ1) is 14.9.